The Morgan fingerprint density at radius 3 is 2.55 bits per heavy atom. The van der Waals surface area contributed by atoms with Crippen LogP contribution in [0.1, 0.15) is 22.0 Å². The zero-order valence-electron chi connectivity index (χ0n) is 10.4. The summed E-state index contributed by atoms with van der Waals surface area (Å²) >= 11 is 0. The average molecular weight is 278 g/mol. The van der Waals surface area contributed by atoms with Gasteiger partial charge in [-0.2, -0.15) is 0 Å². The number of nitrogens with zero attached hydrogens (tertiary/aromatic N) is 1. The van der Waals surface area contributed by atoms with Gasteiger partial charge >= 0.3 is 0 Å². The van der Waals surface area contributed by atoms with E-state index < -0.39 is 17.7 Å². The lowest BCUT2D eigenvalue weighted by Gasteiger charge is -2.12. The van der Waals surface area contributed by atoms with E-state index in [4.69, 9.17) is 0 Å². The van der Waals surface area contributed by atoms with Crippen molar-refractivity contribution in [3.8, 4) is 0 Å². The predicted molar refractivity (Wildman–Crippen MR) is 67.9 cm³/mol. The van der Waals surface area contributed by atoms with Gasteiger partial charge in [0, 0.05) is 24.5 Å². The molecule has 0 unspecified atom stereocenters. The van der Waals surface area contributed by atoms with Crippen molar-refractivity contribution in [3.63, 3.8) is 0 Å². The minimum Gasteiger partial charge on any atom is -0.387 e. The van der Waals surface area contributed by atoms with Crippen molar-refractivity contribution < 1.29 is 18.7 Å². The number of aromatic nitrogens is 1. The highest BCUT2D eigenvalue weighted by molar-refractivity contribution is 5.93. The topological polar surface area (TPSA) is 62.2 Å². The zero-order chi connectivity index (χ0) is 14.5. The van der Waals surface area contributed by atoms with Crippen molar-refractivity contribution in [2.24, 2.45) is 0 Å². The molecule has 0 saturated carbocycles. The van der Waals surface area contributed by atoms with E-state index in [9.17, 15) is 18.7 Å². The summed E-state index contributed by atoms with van der Waals surface area (Å²) in [6.45, 7) is -0.105. The van der Waals surface area contributed by atoms with Gasteiger partial charge in [0.05, 0.1) is 6.10 Å². The molecule has 2 aromatic rings. The molecule has 0 aliphatic carbocycles. The number of halogens is 2. The SMILES string of the molecule is O=C(NC[C@@H](O)c1ccc(F)c(F)c1)c1ccncc1. The Morgan fingerprint density at radius 2 is 1.90 bits per heavy atom. The van der Waals surface area contributed by atoms with Crippen LogP contribution in [0.4, 0.5) is 8.78 Å². The Balaban J connectivity index is 1.96. The first-order valence-corrected chi connectivity index (χ1v) is 5.89. The number of carbonyl (C=O) groups excluding carboxylic acids is 1. The summed E-state index contributed by atoms with van der Waals surface area (Å²) in [7, 11) is 0. The molecule has 2 rings (SSSR count). The Bertz CT molecular complexity index is 605. The molecule has 0 bridgehead atoms. The lowest BCUT2D eigenvalue weighted by atomic mass is 10.1. The fourth-order valence-corrected chi connectivity index (χ4v) is 1.63. The summed E-state index contributed by atoms with van der Waals surface area (Å²) in [6.07, 6.45) is 1.83. The maximum absolute atomic E-state index is 13.0. The van der Waals surface area contributed by atoms with Gasteiger partial charge in [-0.15, -0.1) is 0 Å². The molecule has 0 radical (unpaired) electrons. The van der Waals surface area contributed by atoms with Gasteiger partial charge in [-0.1, -0.05) is 6.07 Å². The van der Waals surface area contributed by atoms with Crippen LogP contribution >= 0.6 is 0 Å². The molecule has 1 aromatic carbocycles. The molecule has 0 spiro atoms. The molecule has 1 aromatic heterocycles. The molecule has 6 heteroatoms. The van der Waals surface area contributed by atoms with E-state index >= 15 is 0 Å². The Morgan fingerprint density at radius 1 is 1.20 bits per heavy atom. The number of hydrogen-bond donors (Lipinski definition) is 2. The van der Waals surface area contributed by atoms with Gasteiger partial charge in [-0.25, -0.2) is 8.78 Å². The van der Waals surface area contributed by atoms with Crippen LogP contribution in [-0.2, 0) is 0 Å². The lowest BCUT2D eigenvalue weighted by molar-refractivity contribution is 0.0916. The summed E-state index contributed by atoms with van der Waals surface area (Å²) in [6, 6.07) is 6.15. The molecule has 0 fully saturated rings. The van der Waals surface area contributed by atoms with Crippen LogP contribution in [0.5, 0.6) is 0 Å². The number of rotatable bonds is 4. The number of pyridine rings is 1. The highest BCUT2D eigenvalue weighted by atomic mass is 19.2. The normalized spacial score (nSPS) is 11.9. The molecule has 1 heterocycles. The fourth-order valence-electron chi connectivity index (χ4n) is 1.63. The molecule has 2 N–H and O–H groups in total. The molecule has 0 aliphatic rings. The number of benzene rings is 1. The molecule has 20 heavy (non-hydrogen) atoms. The van der Waals surface area contributed by atoms with Gasteiger partial charge < -0.3 is 10.4 Å². The maximum atomic E-state index is 13.0. The minimum absolute atomic E-state index is 0.105. The van der Waals surface area contributed by atoms with Crippen LogP contribution in [-0.4, -0.2) is 22.5 Å². The lowest BCUT2D eigenvalue weighted by Crippen LogP contribution is -2.28. The van der Waals surface area contributed by atoms with E-state index in [1.54, 1.807) is 0 Å². The summed E-state index contributed by atoms with van der Waals surface area (Å²) < 4.78 is 25.8. The van der Waals surface area contributed by atoms with E-state index in [-0.39, 0.29) is 18.0 Å². The minimum atomic E-state index is -1.11. The first-order chi connectivity index (χ1) is 9.58. The number of nitrogens with one attached hydrogen (secondary N) is 1. The van der Waals surface area contributed by atoms with E-state index in [1.165, 1.54) is 30.6 Å². The summed E-state index contributed by atoms with van der Waals surface area (Å²) in [4.78, 5) is 15.5. The number of aliphatic hydroxyl groups is 1. The molecule has 4 nitrogen and oxygen atoms in total. The number of amides is 1. The van der Waals surface area contributed by atoms with Crippen LogP contribution in [0.3, 0.4) is 0 Å². The summed E-state index contributed by atoms with van der Waals surface area (Å²) in [5.41, 5.74) is 0.594. The second-order valence-corrected chi connectivity index (χ2v) is 4.14. The maximum Gasteiger partial charge on any atom is 0.251 e. The number of carbonyl (C=O) groups is 1. The van der Waals surface area contributed by atoms with Gasteiger partial charge in [-0.3, -0.25) is 9.78 Å². The molecule has 0 saturated heterocycles. The molecule has 1 atom stereocenters. The van der Waals surface area contributed by atoms with E-state index in [2.05, 4.69) is 10.3 Å². The number of aliphatic hydroxyl groups excluding tert-OH is 1. The highest BCUT2D eigenvalue weighted by Crippen LogP contribution is 2.15. The van der Waals surface area contributed by atoms with Crippen LogP contribution < -0.4 is 5.32 Å². The third-order valence-electron chi connectivity index (χ3n) is 2.73. The quantitative estimate of drug-likeness (QED) is 0.896. The fraction of sp³-hybridized carbons (Fsp3) is 0.143. The van der Waals surface area contributed by atoms with Gasteiger partial charge in [0.25, 0.3) is 5.91 Å². The molecule has 104 valence electrons. The molecule has 0 aliphatic heterocycles. The average Bonchev–Trinajstić information content (AvgIpc) is 2.48. The van der Waals surface area contributed by atoms with Crippen molar-refractivity contribution in [3.05, 3.63) is 65.5 Å². The van der Waals surface area contributed by atoms with Crippen molar-refractivity contribution in [2.45, 2.75) is 6.10 Å². The van der Waals surface area contributed by atoms with E-state index in [1.807, 2.05) is 0 Å². The van der Waals surface area contributed by atoms with Crippen LogP contribution in [0.25, 0.3) is 0 Å². The molecular formula is C14H12F2N2O2. The molecular weight excluding hydrogens is 266 g/mol. The third-order valence-corrected chi connectivity index (χ3v) is 2.73. The van der Waals surface area contributed by atoms with Gasteiger partial charge in [0.15, 0.2) is 11.6 Å². The smallest absolute Gasteiger partial charge is 0.251 e. The largest absolute Gasteiger partial charge is 0.387 e. The predicted octanol–water partition coefficient (Wildman–Crippen LogP) is 1.82. The van der Waals surface area contributed by atoms with Crippen molar-refractivity contribution >= 4 is 5.91 Å². The van der Waals surface area contributed by atoms with E-state index in [0.717, 1.165) is 12.1 Å². The van der Waals surface area contributed by atoms with Crippen molar-refractivity contribution in [1.82, 2.24) is 10.3 Å². The summed E-state index contributed by atoms with van der Waals surface area (Å²) in [5.74, 6) is -2.40. The Labute approximate surface area is 114 Å². The first-order valence-electron chi connectivity index (χ1n) is 5.89. The number of hydrogen-bond acceptors (Lipinski definition) is 3. The van der Waals surface area contributed by atoms with Crippen LogP contribution in [0.2, 0.25) is 0 Å². The van der Waals surface area contributed by atoms with Gasteiger partial charge in [0.1, 0.15) is 0 Å². The van der Waals surface area contributed by atoms with Crippen LogP contribution in [0, 0.1) is 11.6 Å². The Hall–Kier alpha value is -2.34. The standard InChI is InChI=1S/C14H12F2N2O2/c15-11-2-1-10(7-12(11)16)13(19)8-18-14(20)9-3-5-17-6-4-9/h1-7,13,19H,8H2,(H,18,20)/t13-/m1/s1. The third kappa shape index (κ3) is 3.36. The van der Waals surface area contributed by atoms with Gasteiger partial charge in [-0.05, 0) is 29.8 Å². The van der Waals surface area contributed by atoms with Crippen molar-refractivity contribution in [2.75, 3.05) is 6.54 Å². The van der Waals surface area contributed by atoms with Crippen LogP contribution in [0.15, 0.2) is 42.7 Å². The molecule has 1 amide bonds. The second-order valence-electron chi connectivity index (χ2n) is 4.14. The zero-order valence-corrected chi connectivity index (χ0v) is 10.4. The van der Waals surface area contributed by atoms with Gasteiger partial charge in [0.2, 0.25) is 0 Å². The monoisotopic (exact) mass is 278 g/mol. The summed E-state index contributed by atoms with van der Waals surface area (Å²) in [5, 5.41) is 12.3. The Kier molecular flexibility index (Phi) is 4.37. The second kappa shape index (κ2) is 6.21. The van der Waals surface area contributed by atoms with Crippen molar-refractivity contribution in [1.29, 1.82) is 0 Å². The highest BCUT2D eigenvalue weighted by Gasteiger charge is 2.12. The first kappa shape index (κ1) is 14.1. The van der Waals surface area contributed by atoms with E-state index in [0.29, 0.717) is 5.56 Å².